The van der Waals surface area contributed by atoms with Gasteiger partial charge in [-0.15, -0.1) is 0 Å². The number of hydrogen-bond donors (Lipinski definition) is 0. The summed E-state index contributed by atoms with van der Waals surface area (Å²) in [7, 11) is 0. The van der Waals surface area contributed by atoms with Crippen molar-refractivity contribution in [3.8, 4) is 0 Å². The second-order valence-electron chi connectivity index (χ2n) is 1.70. The van der Waals surface area contributed by atoms with Crippen molar-refractivity contribution in [1.29, 1.82) is 0 Å². The lowest BCUT2D eigenvalue weighted by Gasteiger charge is -1.94. The van der Waals surface area contributed by atoms with Crippen molar-refractivity contribution in [2.24, 2.45) is 0 Å². The van der Waals surface area contributed by atoms with E-state index in [-0.39, 0.29) is 0 Å². The van der Waals surface area contributed by atoms with Gasteiger partial charge in [0.2, 0.25) is 0 Å². The fourth-order valence-electron chi connectivity index (χ4n) is 0.513. The van der Waals surface area contributed by atoms with Gasteiger partial charge in [0.25, 0.3) is 0 Å². The van der Waals surface area contributed by atoms with Crippen LogP contribution < -0.4 is 0 Å². The van der Waals surface area contributed by atoms with Crippen LogP contribution in [0.4, 0.5) is 0 Å². The van der Waals surface area contributed by atoms with Crippen molar-refractivity contribution in [2.75, 3.05) is 0 Å². The van der Waals surface area contributed by atoms with Gasteiger partial charge in [0.15, 0.2) is 0 Å². The first-order chi connectivity index (χ1) is 4.20. The summed E-state index contributed by atoms with van der Waals surface area (Å²) in [5.41, 5.74) is 1.07. The zero-order chi connectivity index (χ0) is 6.85. The van der Waals surface area contributed by atoms with Gasteiger partial charge >= 0.3 is 0 Å². The molecule has 0 aliphatic carbocycles. The molecule has 1 nitrogen and oxygen atoms in total. The van der Waals surface area contributed by atoms with Crippen LogP contribution in [0.5, 0.6) is 0 Å². The van der Waals surface area contributed by atoms with Crippen LogP contribution in [0.1, 0.15) is 5.69 Å². The van der Waals surface area contributed by atoms with Gasteiger partial charge in [-0.2, -0.15) is 0 Å². The van der Waals surface area contributed by atoms with Crippen LogP contribution in [0.15, 0.2) is 16.7 Å². The largest absolute Gasteiger partial charge is 0.245 e. The third-order valence-corrected chi connectivity index (χ3v) is 2.57. The van der Waals surface area contributed by atoms with Gasteiger partial charge in [-0.25, -0.2) is 4.98 Å². The molecule has 0 saturated carbocycles. The highest BCUT2D eigenvalue weighted by Crippen LogP contribution is 2.12. The van der Waals surface area contributed by atoms with E-state index in [4.69, 9.17) is 0 Å². The van der Waals surface area contributed by atoms with Crippen LogP contribution in [0.3, 0.4) is 0 Å². The van der Waals surface area contributed by atoms with E-state index in [2.05, 4.69) is 43.5 Å². The minimum absolute atomic E-state index is 0.903. The predicted octanol–water partition coefficient (Wildman–Crippen LogP) is 2.76. The Morgan fingerprint density at radius 2 is 2.22 bits per heavy atom. The van der Waals surface area contributed by atoms with Crippen LogP contribution >= 0.6 is 38.5 Å². The number of aromatic nitrogens is 1. The maximum absolute atomic E-state index is 4.18. The van der Waals surface area contributed by atoms with Crippen molar-refractivity contribution >= 4 is 38.5 Å². The topological polar surface area (TPSA) is 12.9 Å². The summed E-state index contributed by atoms with van der Waals surface area (Å²) < 4.78 is 2.11. The SMILES string of the molecule is Cc1nc(Br)ccc1I. The Kier molecular flexibility index (Phi) is 2.46. The molecule has 0 saturated heterocycles. The number of aryl methyl sites for hydroxylation is 1. The second kappa shape index (κ2) is 2.96. The van der Waals surface area contributed by atoms with Crippen molar-refractivity contribution in [1.82, 2.24) is 4.98 Å². The average Bonchev–Trinajstić information content (AvgIpc) is 1.80. The Bertz CT molecular complexity index is 224. The van der Waals surface area contributed by atoms with Crippen LogP contribution in [0.25, 0.3) is 0 Å². The molecule has 1 aromatic rings. The van der Waals surface area contributed by atoms with E-state index in [1.807, 2.05) is 19.1 Å². The van der Waals surface area contributed by atoms with Crippen LogP contribution in [0.2, 0.25) is 0 Å². The summed E-state index contributed by atoms with van der Waals surface area (Å²) in [6.45, 7) is 1.99. The lowest BCUT2D eigenvalue weighted by Crippen LogP contribution is -1.84. The average molecular weight is 298 g/mol. The summed E-state index contributed by atoms with van der Waals surface area (Å²) in [5, 5.41) is 0. The molecule has 0 aromatic carbocycles. The molecule has 0 radical (unpaired) electrons. The zero-order valence-electron chi connectivity index (χ0n) is 4.86. The Balaban J connectivity index is 3.17. The van der Waals surface area contributed by atoms with Crippen LogP contribution in [-0.4, -0.2) is 4.98 Å². The van der Waals surface area contributed by atoms with Gasteiger partial charge in [-0.3, -0.25) is 0 Å². The van der Waals surface area contributed by atoms with Gasteiger partial charge in [-0.1, -0.05) is 0 Å². The number of pyridine rings is 1. The first-order valence-corrected chi connectivity index (χ1v) is 4.36. The molecule has 1 rings (SSSR count). The summed E-state index contributed by atoms with van der Waals surface area (Å²) in [6.07, 6.45) is 0. The zero-order valence-corrected chi connectivity index (χ0v) is 8.60. The fourth-order valence-corrected chi connectivity index (χ4v) is 1.21. The smallest absolute Gasteiger partial charge is 0.106 e. The molecule has 0 N–H and O–H groups in total. The molecule has 1 aromatic heterocycles. The molecule has 9 heavy (non-hydrogen) atoms. The molecule has 0 atom stereocenters. The Labute approximate surface area is 76.1 Å². The highest BCUT2D eigenvalue weighted by atomic mass is 127. The summed E-state index contributed by atoms with van der Waals surface area (Å²) in [5.74, 6) is 0. The van der Waals surface area contributed by atoms with Crippen molar-refractivity contribution in [2.45, 2.75) is 6.92 Å². The standard InChI is InChI=1S/C6H5BrIN/c1-4-5(8)2-3-6(7)9-4/h2-3H,1H3. The van der Waals surface area contributed by atoms with Crippen molar-refractivity contribution in [3.05, 3.63) is 26.0 Å². The maximum atomic E-state index is 4.18. The van der Waals surface area contributed by atoms with E-state index < -0.39 is 0 Å². The van der Waals surface area contributed by atoms with E-state index in [0.29, 0.717) is 0 Å². The number of nitrogens with zero attached hydrogens (tertiary/aromatic N) is 1. The Hall–Kier alpha value is 0.360. The summed E-state index contributed by atoms with van der Waals surface area (Å²) >= 11 is 5.54. The maximum Gasteiger partial charge on any atom is 0.106 e. The molecule has 48 valence electrons. The molecular weight excluding hydrogens is 293 g/mol. The molecule has 0 amide bonds. The monoisotopic (exact) mass is 297 g/mol. The highest BCUT2D eigenvalue weighted by Gasteiger charge is 1.93. The quantitative estimate of drug-likeness (QED) is 0.530. The third-order valence-electron chi connectivity index (χ3n) is 0.987. The third kappa shape index (κ3) is 1.89. The summed E-state index contributed by atoms with van der Waals surface area (Å²) in [6, 6.07) is 3.97. The molecule has 0 spiro atoms. The Morgan fingerprint density at radius 3 is 2.67 bits per heavy atom. The minimum atomic E-state index is 0.903. The van der Waals surface area contributed by atoms with Gasteiger partial charge in [-0.05, 0) is 57.6 Å². The number of halogens is 2. The lowest BCUT2D eigenvalue weighted by molar-refractivity contribution is 1.15. The highest BCUT2D eigenvalue weighted by molar-refractivity contribution is 14.1. The molecule has 0 fully saturated rings. The first kappa shape index (κ1) is 7.47. The van der Waals surface area contributed by atoms with Gasteiger partial charge in [0, 0.05) is 3.57 Å². The van der Waals surface area contributed by atoms with Crippen LogP contribution in [0, 0.1) is 10.5 Å². The van der Waals surface area contributed by atoms with E-state index in [1.54, 1.807) is 0 Å². The first-order valence-electron chi connectivity index (χ1n) is 2.49. The normalized spacial score (nSPS) is 9.67. The van der Waals surface area contributed by atoms with Crippen LogP contribution in [-0.2, 0) is 0 Å². The summed E-state index contributed by atoms with van der Waals surface area (Å²) in [4.78, 5) is 4.18. The fraction of sp³-hybridized carbons (Fsp3) is 0.167. The van der Waals surface area contributed by atoms with E-state index in [1.165, 1.54) is 3.57 Å². The Morgan fingerprint density at radius 1 is 1.56 bits per heavy atom. The van der Waals surface area contributed by atoms with E-state index in [9.17, 15) is 0 Å². The lowest BCUT2D eigenvalue weighted by atomic mass is 10.4. The molecule has 0 aliphatic rings. The van der Waals surface area contributed by atoms with Gasteiger partial charge in [0.05, 0.1) is 5.69 Å². The number of rotatable bonds is 0. The minimum Gasteiger partial charge on any atom is -0.245 e. The molecule has 3 heteroatoms. The predicted molar refractivity (Wildman–Crippen MR) is 49.4 cm³/mol. The molecule has 0 unspecified atom stereocenters. The number of hydrogen-bond acceptors (Lipinski definition) is 1. The van der Waals surface area contributed by atoms with Crippen molar-refractivity contribution < 1.29 is 0 Å². The molecule has 1 heterocycles. The van der Waals surface area contributed by atoms with E-state index in [0.717, 1.165) is 10.3 Å². The van der Waals surface area contributed by atoms with Gasteiger partial charge in [0.1, 0.15) is 4.60 Å². The van der Waals surface area contributed by atoms with E-state index >= 15 is 0 Å². The molecule has 0 aliphatic heterocycles. The molecule has 0 bridgehead atoms. The second-order valence-corrected chi connectivity index (χ2v) is 3.68. The molecular formula is C6H5BrIN. The van der Waals surface area contributed by atoms with Crippen molar-refractivity contribution in [3.63, 3.8) is 0 Å². The van der Waals surface area contributed by atoms with Gasteiger partial charge < -0.3 is 0 Å².